The minimum Gasteiger partial charge on any atom is -0.465 e. The highest BCUT2D eigenvalue weighted by Crippen LogP contribution is 2.09. The lowest BCUT2D eigenvalue weighted by molar-refractivity contribution is 0.0590. The quantitative estimate of drug-likeness (QED) is 0.526. The van der Waals surface area contributed by atoms with Crippen LogP contribution in [-0.4, -0.2) is 24.7 Å². The normalized spacial score (nSPS) is 10.3. The van der Waals surface area contributed by atoms with Crippen LogP contribution in [0.1, 0.15) is 48.7 Å². The lowest BCUT2D eigenvalue weighted by Crippen LogP contribution is -2.09. The van der Waals surface area contributed by atoms with E-state index in [-0.39, 0.29) is 5.97 Å². The molecule has 0 atom stereocenters. The van der Waals surface area contributed by atoms with Crippen LogP contribution in [0.5, 0.6) is 0 Å². The molecule has 1 aromatic heterocycles. The number of hydrogen-bond acceptors (Lipinski definition) is 4. The first kappa shape index (κ1) is 14.6. The molecule has 0 radical (unpaired) electrons. The van der Waals surface area contributed by atoms with E-state index in [0.29, 0.717) is 24.5 Å². The van der Waals surface area contributed by atoms with Gasteiger partial charge in [0.1, 0.15) is 0 Å². The number of nitrogens with zero attached hydrogens (tertiary/aromatic N) is 1. The van der Waals surface area contributed by atoms with Crippen molar-refractivity contribution in [3.63, 3.8) is 0 Å². The molecular formula is C14H21NO3. The highest BCUT2D eigenvalue weighted by molar-refractivity contribution is 5.90. The van der Waals surface area contributed by atoms with E-state index in [1.165, 1.54) is 26.4 Å². The summed E-state index contributed by atoms with van der Waals surface area (Å²) in [4.78, 5) is 15.6. The molecule has 1 rings (SSSR count). The third-order valence-corrected chi connectivity index (χ3v) is 2.68. The fourth-order valence-corrected chi connectivity index (χ4v) is 1.65. The number of hydrogen-bond donors (Lipinski definition) is 0. The van der Waals surface area contributed by atoms with Gasteiger partial charge in [-0.2, -0.15) is 0 Å². The molecule has 0 aliphatic carbocycles. The van der Waals surface area contributed by atoms with Gasteiger partial charge in [0.15, 0.2) is 0 Å². The van der Waals surface area contributed by atoms with Gasteiger partial charge in [-0.1, -0.05) is 26.2 Å². The predicted octanol–water partition coefficient (Wildman–Crippen LogP) is 2.97. The third-order valence-electron chi connectivity index (χ3n) is 2.68. The van der Waals surface area contributed by atoms with Gasteiger partial charge < -0.3 is 9.47 Å². The van der Waals surface area contributed by atoms with Crippen LogP contribution in [0.25, 0.3) is 0 Å². The lowest BCUT2D eigenvalue weighted by atomic mass is 10.2. The predicted molar refractivity (Wildman–Crippen MR) is 69.4 cm³/mol. The van der Waals surface area contributed by atoms with Crippen molar-refractivity contribution in [3.05, 3.63) is 29.6 Å². The van der Waals surface area contributed by atoms with Crippen LogP contribution >= 0.6 is 0 Å². The van der Waals surface area contributed by atoms with Crippen LogP contribution in [0, 0.1) is 0 Å². The Morgan fingerprint density at radius 2 is 2.17 bits per heavy atom. The summed E-state index contributed by atoms with van der Waals surface area (Å²) in [5.74, 6) is -0.368. The molecule has 1 aromatic rings. The van der Waals surface area contributed by atoms with E-state index in [1.807, 2.05) is 0 Å². The summed E-state index contributed by atoms with van der Waals surface area (Å²) >= 11 is 0. The largest absolute Gasteiger partial charge is 0.465 e. The summed E-state index contributed by atoms with van der Waals surface area (Å²) in [5.41, 5.74) is 1.12. The summed E-state index contributed by atoms with van der Waals surface area (Å²) < 4.78 is 10.2. The Kier molecular flexibility index (Phi) is 7.03. The Morgan fingerprint density at radius 1 is 1.33 bits per heavy atom. The average molecular weight is 251 g/mol. The fourth-order valence-electron chi connectivity index (χ4n) is 1.65. The summed E-state index contributed by atoms with van der Waals surface area (Å²) in [5, 5.41) is 0. The Labute approximate surface area is 108 Å². The minimum atomic E-state index is -0.368. The topological polar surface area (TPSA) is 48.4 Å². The number of carbonyl (C=O) groups is 1. The van der Waals surface area contributed by atoms with Crippen molar-refractivity contribution in [1.29, 1.82) is 0 Å². The third kappa shape index (κ3) is 4.84. The van der Waals surface area contributed by atoms with E-state index < -0.39 is 0 Å². The number of aromatic nitrogens is 1. The molecule has 0 aliphatic heterocycles. The molecule has 0 fully saturated rings. The number of ether oxygens (including phenoxy) is 2. The summed E-state index contributed by atoms with van der Waals surface area (Å²) in [6, 6.07) is 3.42. The molecule has 0 saturated heterocycles. The zero-order valence-electron chi connectivity index (χ0n) is 11.1. The molecule has 0 unspecified atom stereocenters. The van der Waals surface area contributed by atoms with Gasteiger partial charge in [0.05, 0.1) is 25.0 Å². The Balaban J connectivity index is 2.39. The van der Waals surface area contributed by atoms with Crippen molar-refractivity contribution >= 4 is 5.97 Å². The molecular weight excluding hydrogens is 230 g/mol. The van der Waals surface area contributed by atoms with Gasteiger partial charge in [-0.05, 0) is 18.6 Å². The summed E-state index contributed by atoms with van der Waals surface area (Å²) in [6.07, 6.45) is 6.34. The highest BCUT2D eigenvalue weighted by atomic mass is 16.5. The smallest absolute Gasteiger partial charge is 0.339 e. The molecule has 0 N–H and O–H groups in total. The highest BCUT2D eigenvalue weighted by Gasteiger charge is 2.11. The molecule has 0 bridgehead atoms. The molecule has 0 amide bonds. The van der Waals surface area contributed by atoms with E-state index in [4.69, 9.17) is 9.47 Å². The van der Waals surface area contributed by atoms with E-state index >= 15 is 0 Å². The molecule has 100 valence electrons. The molecule has 0 saturated carbocycles. The Morgan fingerprint density at radius 3 is 2.89 bits per heavy atom. The van der Waals surface area contributed by atoms with Crippen LogP contribution in [0.3, 0.4) is 0 Å². The van der Waals surface area contributed by atoms with Crippen molar-refractivity contribution in [2.24, 2.45) is 0 Å². The minimum absolute atomic E-state index is 0.359. The van der Waals surface area contributed by atoms with Gasteiger partial charge in [-0.15, -0.1) is 0 Å². The number of rotatable bonds is 8. The second-order valence-electron chi connectivity index (χ2n) is 4.10. The Bertz CT molecular complexity index is 366. The first-order valence-corrected chi connectivity index (χ1v) is 6.39. The van der Waals surface area contributed by atoms with Gasteiger partial charge >= 0.3 is 5.97 Å². The van der Waals surface area contributed by atoms with Crippen molar-refractivity contribution < 1.29 is 14.3 Å². The van der Waals surface area contributed by atoms with Gasteiger partial charge in [-0.25, -0.2) is 4.79 Å². The van der Waals surface area contributed by atoms with Crippen LogP contribution < -0.4 is 0 Å². The SMILES string of the molecule is CCCCCCOCc1ncccc1C(=O)OC. The van der Waals surface area contributed by atoms with Gasteiger partial charge in [-0.3, -0.25) is 4.98 Å². The monoisotopic (exact) mass is 251 g/mol. The van der Waals surface area contributed by atoms with Crippen molar-refractivity contribution in [1.82, 2.24) is 4.98 Å². The van der Waals surface area contributed by atoms with E-state index in [9.17, 15) is 4.79 Å². The second kappa shape index (κ2) is 8.64. The number of pyridine rings is 1. The molecule has 18 heavy (non-hydrogen) atoms. The molecule has 4 nitrogen and oxygen atoms in total. The zero-order valence-corrected chi connectivity index (χ0v) is 11.1. The van der Waals surface area contributed by atoms with E-state index in [2.05, 4.69) is 11.9 Å². The van der Waals surface area contributed by atoms with Crippen LogP contribution in [-0.2, 0) is 16.1 Å². The van der Waals surface area contributed by atoms with Crippen molar-refractivity contribution in [2.45, 2.75) is 39.2 Å². The first-order valence-electron chi connectivity index (χ1n) is 6.39. The number of methoxy groups -OCH3 is 1. The standard InChI is InChI=1S/C14H21NO3/c1-3-4-5-6-10-18-11-13-12(14(16)17-2)8-7-9-15-13/h7-9H,3-6,10-11H2,1-2H3. The van der Waals surface area contributed by atoms with Crippen molar-refractivity contribution in [2.75, 3.05) is 13.7 Å². The number of esters is 1. The van der Waals surface area contributed by atoms with E-state index in [1.54, 1.807) is 18.3 Å². The molecule has 0 spiro atoms. The van der Waals surface area contributed by atoms with Crippen LogP contribution in [0.15, 0.2) is 18.3 Å². The zero-order chi connectivity index (χ0) is 13.2. The number of unbranched alkanes of at least 4 members (excludes halogenated alkanes) is 3. The maximum absolute atomic E-state index is 11.5. The molecule has 1 heterocycles. The maximum atomic E-state index is 11.5. The van der Waals surface area contributed by atoms with Crippen LogP contribution in [0.4, 0.5) is 0 Å². The molecule has 0 aromatic carbocycles. The van der Waals surface area contributed by atoms with Gasteiger partial charge in [0.2, 0.25) is 0 Å². The number of carbonyl (C=O) groups excluding carboxylic acids is 1. The first-order chi connectivity index (χ1) is 8.79. The Hall–Kier alpha value is -1.42. The van der Waals surface area contributed by atoms with E-state index in [0.717, 1.165) is 6.42 Å². The van der Waals surface area contributed by atoms with Gasteiger partial charge in [0, 0.05) is 12.8 Å². The fraction of sp³-hybridized carbons (Fsp3) is 0.571. The second-order valence-corrected chi connectivity index (χ2v) is 4.10. The summed E-state index contributed by atoms with van der Waals surface area (Å²) in [7, 11) is 1.37. The average Bonchev–Trinajstić information content (AvgIpc) is 2.42. The van der Waals surface area contributed by atoms with Gasteiger partial charge in [0.25, 0.3) is 0 Å². The van der Waals surface area contributed by atoms with Crippen LogP contribution in [0.2, 0.25) is 0 Å². The summed E-state index contributed by atoms with van der Waals surface area (Å²) in [6.45, 7) is 3.24. The molecule has 0 aliphatic rings. The van der Waals surface area contributed by atoms with Crippen molar-refractivity contribution in [3.8, 4) is 0 Å². The molecule has 4 heteroatoms. The lowest BCUT2D eigenvalue weighted by Gasteiger charge is -2.07. The maximum Gasteiger partial charge on any atom is 0.339 e.